The Morgan fingerprint density at radius 2 is 0.939 bits per heavy atom. The van der Waals surface area contributed by atoms with Gasteiger partial charge < -0.3 is 10.2 Å². The van der Waals surface area contributed by atoms with Crippen molar-refractivity contribution in [2.45, 2.75) is 66.2 Å². The fourth-order valence-corrected chi connectivity index (χ4v) is 2.92. The van der Waals surface area contributed by atoms with E-state index in [4.69, 9.17) is 0 Å². The normalized spacial score (nSPS) is 10.3. The molecular formula is C28H40ClCrO2P. The van der Waals surface area contributed by atoms with E-state index in [-0.39, 0.29) is 40.6 Å². The first-order valence-corrected chi connectivity index (χ1v) is 11.2. The number of aromatic hydroxyl groups is 2. The molecule has 0 bridgehead atoms. The summed E-state index contributed by atoms with van der Waals surface area (Å²) in [6, 6.07) is 21.7. The van der Waals surface area contributed by atoms with Gasteiger partial charge in [-0.05, 0) is 64.4 Å². The SMILES string of the molecule is Cc1cc(C(C)(C)C)ccc1O.Cc1cc(C(C)(C)C)ccc1O.Cl.Pc1ccccc1.[Cr]. The molecular weight excluding hydrogens is 487 g/mol. The van der Waals surface area contributed by atoms with Crippen molar-refractivity contribution in [3.63, 3.8) is 0 Å². The molecule has 1 unspecified atom stereocenters. The van der Waals surface area contributed by atoms with Crippen LogP contribution < -0.4 is 5.30 Å². The largest absolute Gasteiger partial charge is 0.508 e. The van der Waals surface area contributed by atoms with E-state index in [0.29, 0.717) is 11.5 Å². The monoisotopic (exact) mass is 526 g/mol. The average molecular weight is 527 g/mol. The third-order valence-electron chi connectivity index (χ3n) is 4.93. The van der Waals surface area contributed by atoms with Crippen molar-refractivity contribution in [2.75, 3.05) is 0 Å². The molecule has 0 spiro atoms. The molecule has 1 atom stereocenters. The van der Waals surface area contributed by atoms with Gasteiger partial charge in [0, 0.05) is 17.4 Å². The number of halogens is 1. The number of hydrogen-bond donors (Lipinski definition) is 2. The Morgan fingerprint density at radius 1 is 0.606 bits per heavy atom. The quantitative estimate of drug-likeness (QED) is 0.296. The molecule has 0 saturated carbocycles. The van der Waals surface area contributed by atoms with Crippen LogP contribution in [-0.4, -0.2) is 10.2 Å². The Hall–Kier alpha value is -1.49. The topological polar surface area (TPSA) is 40.5 Å². The van der Waals surface area contributed by atoms with Crippen molar-refractivity contribution in [1.82, 2.24) is 0 Å². The van der Waals surface area contributed by atoms with Crippen LogP contribution in [0, 0.1) is 13.8 Å². The summed E-state index contributed by atoms with van der Waals surface area (Å²) in [7, 11) is 2.63. The van der Waals surface area contributed by atoms with Crippen LogP contribution in [0.5, 0.6) is 11.5 Å². The molecule has 2 nitrogen and oxygen atoms in total. The van der Waals surface area contributed by atoms with Gasteiger partial charge in [-0.2, -0.15) is 0 Å². The number of aryl methyl sites for hydroxylation is 2. The van der Waals surface area contributed by atoms with E-state index in [1.54, 1.807) is 12.1 Å². The standard InChI is InChI=1S/2C11H16O.C6H7P.ClH.Cr/c2*1-8-7-9(11(2,3)4)5-6-10(8)12;7-6-4-2-1-3-5-6;;/h2*5-7,12H,1-4H3;1-5H,7H2;1H;. The van der Waals surface area contributed by atoms with Crippen molar-refractivity contribution >= 4 is 27.0 Å². The van der Waals surface area contributed by atoms with Crippen molar-refractivity contribution < 1.29 is 27.6 Å². The Balaban J connectivity index is 0. The molecule has 0 amide bonds. The van der Waals surface area contributed by atoms with Gasteiger partial charge in [-0.1, -0.05) is 96.1 Å². The minimum absolute atomic E-state index is 0. The van der Waals surface area contributed by atoms with Gasteiger partial charge in [0.25, 0.3) is 0 Å². The molecule has 2 N–H and O–H groups in total. The minimum atomic E-state index is 0. The van der Waals surface area contributed by atoms with Crippen molar-refractivity contribution in [3.8, 4) is 11.5 Å². The molecule has 3 aromatic carbocycles. The molecule has 33 heavy (non-hydrogen) atoms. The summed E-state index contributed by atoms with van der Waals surface area (Å²) in [5.41, 5.74) is 4.75. The molecule has 182 valence electrons. The average Bonchev–Trinajstić information content (AvgIpc) is 2.66. The molecule has 0 fully saturated rings. The second-order valence-electron chi connectivity index (χ2n) is 9.91. The predicted octanol–water partition coefficient (Wildman–Crippen LogP) is 7.60. The summed E-state index contributed by atoms with van der Waals surface area (Å²) in [4.78, 5) is 0. The smallest absolute Gasteiger partial charge is 0.118 e. The number of rotatable bonds is 0. The zero-order valence-corrected chi connectivity index (χ0v) is 24.4. The molecule has 0 aromatic heterocycles. The maximum absolute atomic E-state index is 9.31. The summed E-state index contributed by atoms with van der Waals surface area (Å²) in [6.07, 6.45) is 0. The third kappa shape index (κ3) is 12.5. The van der Waals surface area contributed by atoms with Crippen LogP contribution in [0.3, 0.4) is 0 Å². The zero-order valence-electron chi connectivity index (χ0n) is 21.1. The first-order chi connectivity index (χ1) is 14.2. The van der Waals surface area contributed by atoms with Crippen molar-refractivity contribution in [3.05, 3.63) is 89.0 Å². The minimum Gasteiger partial charge on any atom is -0.508 e. The molecule has 0 heterocycles. The van der Waals surface area contributed by atoms with E-state index < -0.39 is 0 Å². The van der Waals surface area contributed by atoms with Gasteiger partial charge in [-0.3, -0.25) is 0 Å². The molecule has 0 aliphatic rings. The van der Waals surface area contributed by atoms with Crippen LogP contribution in [0.2, 0.25) is 0 Å². The van der Waals surface area contributed by atoms with Gasteiger partial charge in [-0.15, -0.1) is 21.6 Å². The summed E-state index contributed by atoms with van der Waals surface area (Å²) in [5.74, 6) is 0.756. The molecule has 3 aromatic rings. The van der Waals surface area contributed by atoms with Gasteiger partial charge in [0.2, 0.25) is 0 Å². The fourth-order valence-electron chi connectivity index (χ4n) is 2.70. The Labute approximate surface area is 220 Å². The van der Waals surface area contributed by atoms with Crippen LogP contribution in [0.1, 0.15) is 63.8 Å². The second kappa shape index (κ2) is 14.7. The van der Waals surface area contributed by atoms with Crippen LogP contribution in [0.25, 0.3) is 0 Å². The molecule has 0 aliphatic carbocycles. The first-order valence-electron chi connectivity index (χ1n) is 10.6. The maximum atomic E-state index is 9.31. The number of hydrogen-bond acceptors (Lipinski definition) is 2. The molecule has 5 heteroatoms. The molecule has 3 rings (SSSR count). The van der Waals surface area contributed by atoms with Crippen LogP contribution in [-0.2, 0) is 28.2 Å². The molecule has 0 radical (unpaired) electrons. The third-order valence-corrected chi connectivity index (χ3v) is 5.31. The summed E-state index contributed by atoms with van der Waals surface area (Å²) < 4.78 is 0. The van der Waals surface area contributed by atoms with E-state index in [9.17, 15) is 10.2 Å². The zero-order chi connectivity index (χ0) is 23.8. The Kier molecular flexibility index (Phi) is 15.0. The Morgan fingerprint density at radius 3 is 1.15 bits per heavy atom. The van der Waals surface area contributed by atoms with Crippen molar-refractivity contribution in [2.24, 2.45) is 0 Å². The first kappa shape index (κ1) is 33.7. The van der Waals surface area contributed by atoms with E-state index in [0.717, 1.165) is 11.1 Å². The number of phenolic OH excluding ortho intramolecular Hbond substituents is 2. The van der Waals surface area contributed by atoms with Gasteiger partial charge in [0.05, 0.1) is 0 Å². The van der Waals surface area contributed by atoms with Gasteiger partial charge in [-0.25, -0.2) is 0 Å². The van der Waals surface area contributed by atoms with E-state index in [1.165, 1.54) is 16.4 Å². The summed E-state index contributed by atoms with van der Waals surface area (Å²) in [5, 5.41) is 19.9. The van der Waals surface area contributed by atoms with Crippen LogP contribution >= 0.6 is 21.6 Å². The summed E-state index contributed by atoms with van der Waals surface area (Å²) >= 11 is 0. The van der Waals surface area contributed by atoms with Crippen LogP contribution in [0.15, 0.2) is 66.7 Å². The van der Waals surface area contributed by atoms with E-state index in [1.807, 2.05) is 68.4 Å². The molecule has 0 saturated heterocycles. The van der Waals surface area contributed by atoms with E-state index in [2.05, 4.69) is 50.8 Å². The van der Waals surface area contributed by atoms with Gasteiger partial charge in [0.1, 0.15) is 11.5 Å². The van der Waals surface area contributed by atoms with E-state index >= 15 is 0 Å². The number of phenols is 2. The fraction of sp³-hybridized carbons (Fsp3) is 0.357. The van der Waals surface area contributed by atoms with Gasteiger partial charge >= 0.3 is 0 Å². The van der Waals surface area contributed by atoms with Crippen LogP contribution in [0.4, 0.5) is 0 Å². The predicted molar refractivity (Wildman–Crippen MR) is 146 cm³/mol. The number of benzene rings is 3. The second-order valence-corrected chi connectivity index (χ2v) is 10.6. The van der Waals surface area contributed by atoms with Crippen molar-refractivity contribution in [1.29, 1.82) is 0 Å². The Bertz CT molecular complexity index is 900. The maximum Gasteiger partial charge on any atom is 0.118 e. The molecule has 0 aliphatic heterocycles. The van der Waals surface area contributed by atoms with Gasteiger partial charge in [0.15, 0.2) is 0 Å². The summed E-state index contributed by atoms with van der Waals surface area (Å²) in [6.45, 7) is 16.8.